The monoisotopic (exact) mass is 742 g/mol. The molecule has 2 rings (SSSR count). The predicted molar refractivity (Wildman–Crippen MR) is 181 cm³/mol. The lowest BCUT2D eigenvalue weighted by molar-refractivity contribution is -0.169. The highest BCUT2D eigenvalue weighted by molar-refractivity contribution is 6.01. The largest absolute Gasteiger partial charge is 0.477 e. The van der Waals surface area contributed by atoms with Crippen LogP contribution >= 0.6 is 0 Å². The van der Waals surface area contributed by atoms with Crippen LogP contribution in [0.25, 0.3) is 10.4 Å². The summed E-state index contributed by atoms with van der Waals surface area (Å²) in [5, 5.41) is 13.3. The summed E-state index contributed by atoms with van der Waals surface area (Å²) in [4.78, 5) is 71.5. The van der Waals surface area contributed by atoms with Gasteiger partial charge in [-0.25, -0.2) is 24.2 Å². The fourth-order valence-corrected chi connectivity index (χ4v) is 4.64. The molecule has 0 saturated carbocycles. The van der Waals surface area contributed by atoms with Gasteiger partial charge in [0.25, 0.3) is 0 Å². The molecule has 0 aromatic carbocycles. The second-order valence-corrected chi connectivity index (χ2v) is 13.8. The molecule has 21 nitrogen and oxygen atoms in total. The highest BCUT2D eigenvalue weighted by Gasteiger charge is 2.50. The average molecular weight is 743 g/mol. The van der Waals surface area contributed by atoms with Gasteiger partial charge < -0.3 is 48.5 Å². The number of ether oxygens (including phenoxy) is 8. The Hall–Kier alpha value is -4.85. The van der Waals surface area contributed by atoms with Gasteiger partial charge in [-0.15, -0.1) is 0 Å². The van der Waals surface area contributed by atoms with Crippen molar-refractivity contribution in [2.75, 3.05) is 40.0 Å². The Morgan fingerprint density at radius 2 is 1.63 bits per heavy atom. The summed E-state index contributed by atoms with van der Waals surface area (Å²) in [5.74, 6) is -3.56. The van der Waals surface area contributed by atoms with Crippen LogP contribution in [0.15, 0.2) is 21.9 Å². The first-order valence-corrected chi connectivity index (χ1v) is 16.3. The molecule has 2 aliphatic heterocycles. The maximum Gasteiger partial charge on any atom is 0.414 e. The number of nitrogens with zero attached hydrogens (tertiary/aromatic N) is 4. The van der Waals surface area contributed by atoms with E-state index in [2.05, 4.69) is 36.3 Å². The lowest BCUT2D eigenvalue weighted by Crippen LogP contribution is -2.61. The van der Waals surface area contributed by atoms with Crippen molar-refractivity contribution in [1.29, 1.82) is 0 Å². The normalized spacial score (nSPS) is 21.4. The van der Waals surface area contributed by atoms with Crippen LogP contribution in [0.5, 0.6) is 0 Å². The molecule has 0 aromatic rings. The van der Waals surface area contributed by atoms with Crippen LogP contribution in [0.2, 0.25) is 0 Å². The van der Waals surface area contributed by atoms with E-state index >= 15 is 0 Å². The maximum atomic E-state index is 13.1. The van der Waals surface area contributed by atoms with Crippen molar-refractivity contribution in [2.24, 2.45) is 10.1 Å². The number of amides is 4. The number of rotatable bonds is 12. The van der Waals surface area contributed by atoms with E-state index in [1.54, 1.807) is 55.4 Å². The van der Waals surface area contributed by atoms with Gasteiger partial charge in [-0.2, -0.15) is 0 Å². The molecule has 2 heterocycles. The Labute approximate surface area is 301 Å². The number of aliphatic imine (C=N–C) groups is 1. The zero-order valence-corrected chi connectivity index (χ0v) is 31.1. The van der Waals surface area contributed by atoms with Gasteiger partial charge >= 0.3 is 24.2 Å². The molecule has 0 spiro atoms. The number of carbonyl (C=O) groups is 5. The third-order valence-electron chi connectivity index (χ3n) is 6.46. The molecule has 0 aromatic heterocycles. The molecule has 21 heteroatoms. The van der Waals surface area contributed by atoms with Gasteiger partial charge in [0.1, 0.15) is 17.3 Å². The quantitative estimate of drug-likeness (QED) is 0.0327. The topological polar surface area (TPSA) is 268 Å². The number of alkyl carbamates (subject to hydrolysis) is 3. The van der Waals surface area contributed by atoms with Crippen molar-refractivity contribution in [3.8, 4) is 0 Å². The first kappa shape index (κ1) is 43.3. The highest BCUT2D eigenvalue weighted by atomic mass is 16.8. The van der Waals surface area contributed by atoms with E-state index < -0.39 is 89.3 Å². The van der Waals surface area contributed by atoms with Crippen LogP contribution in [0.3, 0.4) is 0 Å². The highest BCUT2D eigenvalue weighted by Crippen LogP contribution is 2.32. The van der Waals surface area contributed by atoms with Crippen molar-refractivity contribution < 1.29 is 61.9 Å². The SMILES string of the molecule is COC(=O)C1=C[C@H](N=C(NC(=O)OC(C)(C)C)NC(=O)OC(C)(C)C)[C@@H](NC(C)=O)[C@H]([C@H](OC(=O)NCCOCCN=[N+]=[N-])[C@H]2COC(C)(C)O2)O1. The minimum Gasteiger partial charge on any atom is -0.477 e. The molecule has 1 fully saturated rings. The Balaban J connectivity index is 2.60. The molecule has 0 radical (unpaired) electrons. The molecular formula is C31H50N8O13. The lowest BCUT2D eigenvalue weighted by atomic mass is 9.92. The zero-order chi connectivity index (χ0) is 39.3. The van der Waals surface area contributed by atoms with E-state index in [9.17, 15) is 24.0 Å². The molecule has 2 aliphatic rings. The molecule has 0 unspecified atom stereocenters. The van der Waals surface area contributed by atoms with Crippen molar-refractivity contribution in [2.45, 2.75) is 110 Å². The molecule has 0 aliphatic carbocycles. The maximum absolute atomic E-state index is 13.1. The molecule has 0 bridgehead atoms. The number of esters is 1. The Bertz CT molecular complexity index is 1370. The molecular weight excluding hydrogens is 692 g/mol. The number of nitrogens with one attached hydrogen (secondary N) is 4. The summed E-state index contributed by atoms with van der Waals surface area (Å²) in [7, 11) is 1.10. The third-order valence-corrected chi connectivity index (χ3v) is 6.46. The number of carbonyl (C=O) groups excluding carboxylic acids is 5. The Morgan fingerprint density at radius 3 is 2.13 bits per heavy atom. The molecule has 52 heavy (non-hydrogen) atoms. The number of hydrogen-bond donors (Lipinski definition) is 4. The predicted octanol–water partition coefficient (Wildman–Crippen LogP) is 2.29. The smallest absolute Gasteiger partial charge is 0.414 e. The first-order chi connectivity index (χ1) is 24.1. The van der Waals surface area contributed by atoms with Crippen LogP contribution < -0.4 is 21.3 Å². The van der Waals surface area contributed by atoms with Gasteiger partial charge in [-0.3, -0.25) is 15.4 Å². The van der Waals surface area contributed by atoms with Gasteiger partial charge in [0.2, 0.25) is 17.6 Å². The summed E-state index contributed by atoms with van der Waals surface area (Å²) < 4.78 is 44.5. The van der Waals surface area contributed by atoms with Crippen molar-refractivity contribution >= 4 is 36.1 Å². The minimum absolute atomic E-state index is 0.00769. The van der Waals surface area contributed by atoms with Gasteiger partial charge in [-0.1, -0.05) is 5.11 Å². The van der Waals surface area contributed by atoms with Gasteiger partial charge in [0.15, 0.2) is 18.0 Å². The van der Waals surface area contributed by atoms with E-state index in [1.807, 2.05) is 0 Å². The fourth-order valence-electron chi connectivity index (χ4n) is 4.64. The third kappa shape index (κ3) is 15.6. The Morgan fingerprint density at radius 1 is 1.02 bits per heavy atom. The van der Waals surface area contributed by atoms with Crippen LogP contribution in [0.1, 0.15) is 62.3 Å². The molecule has 5 atom stereocenters. The minimum atomic E-state index is -1.42. The number of hydrogen-bond acceptors (Lipinski definition) is 15. The summed E-state index contributed by atoms with van der Waals surface area (Å²) >= 11 is 0. The van der Waals surface area contributed by atoms with Crippen LogP contribution in [-0.4, -0.2) is 124 Å². The second kappa shape index (κ2) is 19.1. The van der Waals surface area contributed by atoms with Crippen LogP contribution in [0, 0.1) is 0 Å². The van der Waals surface area contributed by atoms with Gasteiger partial charge in [-0.05, 0) is 67.0 Å². The number of guanidine groups is 1. The molecule has 4 N–H and O–H groups in total. The summed E-state index contributed by atoms with van der Waals surface area (Å²) in [6, 6.07) is -2.57. The second-order valence-electron chi connectivity index (χ2n) is 13.8. The summed E-state index contributed by atoms with van der Waals surface area (Å²) in [5.41, 5.74) is 6.50. The van der Waals surface area contributed by atoms with E-state index in [0.29, 0.717) is 0 Å². The molecule has 1 saturated heterocycles. The summed E-state index contributed by atoms with van der Waals surface area (Å²) in [6.07, 6.45) is -5.59. The Kier molecular flexibility index (Phi) is 15.9. The van der Waals surface area contributed by atoms with E-state index in [0.717, 1.165) is 7.11 Å². The van der Waals surface area contributed by atoms with Crippen LogP contribution in [0.4, 0.5) is 14.4 Å². The standard InChI is InChI=1S/C31H50N8O13/c1-17(40)35-21-18(36-25(37-27(43)51-29(2,3)4)38-28(44)52-30(5,6)7)15-19(24(41)45-10)48-23(21)22(20-16-47-31(8,9)50-20)49-26(42)33-11-13-46-14-12-34-39-32/h15,18,20-23H,11-14,16H2,1-10H3,(H,33,42)(H,35,40)(H2,36,37,38,43,44)/t18-,20+,21+,22+,23+/m0/s1. The fraction of sp³-hybridized carbons (Fsp3) is 0.742. The number of methoxy groups -OCH3 is 1. The number of azide groups is 1. The van der Waals surface area contributed by atoms with Crippen molar-refractivity contribution in [3.63, 3.8) is 0 Å². The van der Waals surface area contributed by atoms with Gasteiger partial charge in [0, 0.05) is 24.9 Å². The summed E-state index contributed by atoms with van der Waals surface area (Å²) in [6.45, 7) is 14.4. The van der Waals surface area contributed by atoms with E-state index in [4.69, 9.17) is 43.4 Å². The average Bonchev–Trinajstić information content (AvgIpc) is 3.36. The van der Waals surface area contributed by atoms with Crippen LogP contribution in [-0.2, 0) is 47.5 Å². The van der Waals surface area contributed by atoms with Crippen molar-refractivity contribution in [3.05, 3.63) is 22.3 Å². The first-order valence-electron chi connectivity index (χ1n) is 16.3. The van der Waals surface area contributed by atoms with E-state index in [-0.39, 0.29) is 32.9 Å². The molecule has 4 amide bonds. The van der Waals surface area contributed by atoms with Crippen molar-refractivity contribution in [1.82, 2.24) is 21.3 Å². The zero-order valence-electron chi connectivity index (χ0n) is 31.1. The molecule has 292 valence electrons. The lowest BCUT2D eigenvalue weighted by Gasteiger charge is -2.40. The van der Waals surface area contributed by atoms with E-state index in [1.165, 1.54) is 13.0 Å². The van der Waals surface area contributed by atoms with Gasteiger partial charge in [0.05, 0.1) is 39.0 Å².